The van der Waals surface area contributed by atoms with E-state index in [1.807, 2.05) is 48.5 Å². The van der Waals surface area contributed by atoms with Crippen molar-refractivity contribution in [2.24, 2.45) is 0 Å². The highest BCUT2D eigenvalue weighted by atomic mass is 16.6. The molecule has 1 atom stereocenters. The molecule has 1 aliphatic heterocycles. The van der Waals surface area contributed by atoms with Crippen molar-refractivity contribution in [3.63, 3.8) is 0 Å². The topological polar surface area (TPSA) is 52.2 Å². The molecule has 18 heavy (non-hydrogen) atoms. The van der Waals surface area contributed by atoms with E-state index in [4.69, 9.17) is 0 Å². The molecule has 0 spiro atoms. The zero-order valence-corrected chi connectivity index (χ0v) is 12.9. The van der Waals surface area contributed by atoms with E-state index in [-0.39, 0.29) is 5.91 Å². The molecule has 1 saturated heterocycles. The zero-order valence-electron chi connectivity index (χ0n) is 12.9. The molecule has 106 valence electrons. The number of piperazine rings is 1. The summed E-state index contributed by atoms with van der Waals surface area (Å²) in [6.07, 6.45) is 1.14. The second-order valence-electron chi connectivity index (χ2n) is 7.01. The van der Waals surface area contributed by atoms with Crippen molar-refractivity contribution in [3.05, 3.63) is 5.21 Å². The maximum Gasteiger partial charge on any atom is 0.282 e. The molecule has 0 aromatic carbocycles. The molecule has 1 N–H and O–H groups in total. The van der Waals surface area contributed by atoms with E-state index in [1.54, 1.807) is 0 Å². The first kappa shape index (κ1) is 15.4. The first-order valence-electron chi connectivity index (χ1n) is 6.89. The maximum atomic E-state index is 13.8. The van der Waals surface area contributed by atoms with Gasteiger partial charge >= 0.3 is 0 Å². The predicted molar refractivity (Wildman–Crippen MR) is 73.8 cm³/mol. The lowest BCUT2D eigenvalue weighted by Gasteiger charge is -2.71. The van der Waals surface area contributed by atoms with Gasteiger partial charge in [-0.15, -0.1) is 0 Å². The van der Waals surface area contributed by atoms with Gasteiger partial charge in [0.25, 0.3) is 5.91 Å². The minimum Gasteiger partial charge on any atom is -0.631 e. The number of nitrogens with one attached hydrogen (secondary N) is 1. The molecule has 4 nitrogen and oxygen atoms in total. The number of rotatable bonds is 2. The van der Waals surface area contributed by atoms with Crippen LogP contribution in [0.3, 0.4) is 0 Å². The van der Waals surface area contributed by atoms with E-state index in [0.717, 1.165) is 0 Å². The summed E-state index contributed by atoms with van der Waals surface area (Å²) in [6, 6.07) is 0. The second-order valence-corrected chi connectivity index (χ2v) is 7.01. The van der Waals surface area contributed by atoms with Crippen molar-refractivity contribution in [1.82, 2.24) is 5.32 Å². The molecule has 1 fully saturated rings. The summed E-state index contributed by atoms with van der Waals surface area (Å²) in [5, 5.41) is 16.7. The van der Waals surface area contributed by atoms with Crippen LogP contribution in [-0.4, -0.2) is 33.7 Å². The summed E-state index contributed by atoms with van der Waals surface area (Å²) >= 11 is 0. The normalized spacial score (nSPS) is 31.0. The minimum atomic E-state index is -0.875. The average molecular weight is 256 g/mol. The van der Waals surface area contributed by atoms with Gasteiger partial charge in [-0.3, -0.25) is 4.79 Å². The third-order valence-electron chi connectivity index (χ3n) is 4.67. The summed E-state index contributed by atoms with van der Waals surface area (Å²) in [5.41, 5.74) is -1.91. The third-order valence-corrected chi connectivity index (χ3v) is 4.67. The lowest BCUT2D eigenvalue weighted by atomic mass is 9.76. The van der Waals surface area contributed by atoms with Gasteiger partial charge in [0, 0.05) is 12.8 Å². The zero-order chi connectivity index (χ0) is 14.4. The minimum absolute atomic E-state index is 0.0863. The fourth-order valence-electron chi connectivity index (χ4n) is 3.86. The molecule has 0 radical (unpaired) electrons. The number of carbonyl (C=O) groups excluding carboxylic acids is 1. The molecule has 1 amide bonds. The summed E-state index contributed by atoms with van der Waals surface area (Å²) in [5.74, 6) is -0.0863. The molecule has 0 aromatic heterocycles. The highest BCUT2D eigenvalue weighted by Gasteiger charge is 2.63. The fraction of sp³-hybridized carbons (Fsp3) is 0.929. The van der Waals surface area contributed by atoms with Crippen molar-refractivity contribution < 1.29 is 9.44 Å². The Morgan fingerprint density at radius 2 is 1.72 bits per heavy atom. The summed E-state index contributed by atoms with van der Waals surface area (Å²) in [6.45, 7) is 14.1. The van der Waals surface area contributed by atoms with Gasteiger partial charge in [-0.25, -0.2) is 0 Å². The number of carbonyl (C=O) groups is 1. The van der Waals surface area contributed by atoms with Crippen molar-refractivity contribution in [1.29, 1.82) is 0 Å². The Morgan fingerprint density at radius 1 is 1.28 bits per heavy atom. The molecule has 0 bridgehead atoms. The number of hydroxylamine groups is 3. The quantitative estimate of drug-likeness (QED) is 0.610. The van der Waals surface area contributed by atoms with Crippen LogP contribution in [0.5, 0.6) is 0 Å². The monoisotopic (exact) mass is 256 g/mol. The lowest BCUT2D eigenvalue weighted by Crippen LogP contribution is -2.85. The van der Waals surface area contributed by atoms with Crippen LogP contribution in [0.15, 0.2) is 0 Å². The van der Waals surface area contributed by atoms with Gasteiger partial charge in [-0.1, -0.05) is 13.8 Å². The molecule has 1 rings (SSSR count). The van der Waals surface area contributed by atoms with Crippen LogP contribution in [0.25, 0.3) is 0 Å². The Bertz CT molecular complexity index is 340. The van der Waals surface area contributed by atoms with Crippen LogP contribution >= 0.6 is 0 Å². The summed E-state index contributed by atoms with van der Waals surface area (Å²) < 4.78 is -0.453. The smallest absolute Gasteiger partial charge is 0.282 e. The van der Waals surface area contributed by atoms with Crippen LogP contribution in [0.2, 0.25) is 0 Å². The van der Waals surface area contributed by atoms with E-state index >= 15 is 0 Å². The molecular weight excluding hydrogens is 228 g/mol. The first-order valence-corrected chi connectivity index (χ1v) is 6.89. The van der Waals surface area contributed by atoms with E-state index in [9.17, 15) is 10.0 Å². The molecule has 0 aromatic rings. The van der Waals surface area contributed by atoms with Crippen molar-refractivity contribution in [2.75, 3.05) is 6.54 Å². The standard InChI is InChI=1S/C14H28N2O2/c1-8-14(9-2)11(17)15-10-13(6,7)16(14,18)12(3,4)5/h8-10H2,1-7H3,(H,15,17). The fourth-order valence-corrected chi connectivity index (χ4v) is 3.86. The maximum absolute atomic E-state index is 13.8. The van der Waals surface area contributed by atoms with E-state index in [1.165, 1.54) is 0 Å². The lowest BCUT2D eigenvalue weighted by molar-refractivity contribution is -1.01. The van der Waals surface area contributed by atoms with Gasteiger partial charge in [0.1, 0.15) is 5.54 Å². The Kier molecular flexibility index (Phi) is 3.61. The van der Waals surface area contributed by atoms with Gasteiger partial charge in [0.15, 0.2) is 5.54 Å². The van der Waals surface area contributed by atoms with Gasteiger partial charge in [-0.05, 0) is 34.6 Å². The van der Waals surface area contributed by atoms with Crippen molar-refractivity contribution >= 4 is 5.91 Å². The predicted octanol–water partition coefficient (Wildman–Crippen LogP) is 2.57. The summed E-state index contributed by atoms with van der Waals surface area (Å²) in [7, 11) is 0. The Balaban J connectivity index is 3.56. The van der Waals surface area contributed by atoms with E-state index < -0.39 is 21.3 Å². The molecule has 1 unspecified atom stereocenters. The van der Waals surface area contributed by atoms with Gasteiger partial charge < -0.3 is 15.2 Å². The number of nitrogens with zero attached hydrogens (tertiary/aromatic N) is 1. The van der Waals surface area contributed by atoms with E-state index in [0.29, 0.717) is 19.4 Å². The highest BCUT2D eigenvalue weighted by Crippen LogP contribution is 2.48. The number of hydrogen-bond donors (Lipinski definition) is 1. The SMILES string of the molecule is CCC1(CC)C(=O)NCC(C)(C)[N+]1([O-])C(C)(C)C. The van der Waals surface area contributed by atoms with E-state index in [2.05, 4.69) is 5.32 Å². The summed E-state index contributed by atoms with van der Waals surface area (Å²) in [4.78, 5) is 12.4. The largest absolute Gasteiger partial charge is 0.631 e. The van der Waals surface area contributed by atoms with Gasteiger partial charge in [-0.2, -0.15) is 0 Å². The van der Waals surface area contributed by atoms with Gasteiger partial charge in [0.05, 0.1) is 12.1 Å². The van der Waals surface area contributed by atoms with Crippen LogP contribution < -0.4 is 5.32 Å². The van der Waals surface area contributed by atoms with Crippen LogP contribution in [0, 0.1) is 5.21 Å². The number of hydrogen-bond acceptors (Lipinski definition) is 2. The van der Waals surface area contributed by atoms with Crippen LogP contribution in [0.4, 0.5) is 0 Å². The number of amides is 1. The molecule has 0 aliphatic carbocycles. The molecule has 4 heteroatoms. The van der Waals surface area contributed by atoms with Crippen LogP contribution in [0.1, 0.15) is 61.3 Å². The van der Waals surface area contributed by atoms with Crippen molar-refractivity contribution in [3.8, 4) is 0 Å². The molecule has 1 aliphatic rings. The Hall–Kier alpha value is -0.610. The molecule has 1 heterocycles. The highest BCUT2D eigenvalue weighted by molar-refractivity contribution is 5.86. The Morgan fingerprint density at radius 3 is 2.00 bits per heavy atom. The number of quaternary nitrogens is 1. The van der Waals surface area contributed by atoms with Crippen molar-refractivity contribution in [2.45, 2.75) is 77.9 Å². The third kappa shape index (κ3) is 1.62. The first-order chi connectivity index (χ1) is 8.00. The average Bonchev–Trinajstić information content (AvgIpc) is 2.25. The second kappa shape index (κ2) is 4.20. The molecular formula is C14H28N2O2. The molecule has 0 saturated carbocycles. The Labute approximate surface area is 111 Å². The van der Waals surface area contributed by atoms with Gasteiger partial charge in [0.2, 0.25) is 0 Å². The van der Waals surface area contributed by atoms with Crippen LogP contribution in [-0.2, 0) is 4.79 Å².